The smallest absolute Gasteiger partial charge is 0.317 e. The second-order valence-corrected chi connectivity index (χ2v) is 8.16. The van der Waals surface area contributed by atoms with Crippen LogP contribution in [0.3, 0.4) is 0 Å². The number of carbonyl (C=O) groups excluding carboxylic acids is 1. The molecule has 3 N–H and O–H groups in total. The summed E-state index contributed by atoms with van der Waals surface area (Å²) in [6.45, 7) is 2.18. The predicted octanol–water partition coefficient (Wildman–Crippen LogP) is 3.49. The van der Waals surface area contributed by atoms with E-state index in [2.05, 4.69) is 5.32 Å². The van der Waals surface area contributed by atoms with Gasteiger partial charge >= 0.3 is 18.0 Å². The Morgan fingerprint density at radius 2 is 1.68 bits per heavy atom. The maximum atomic E-state index is 12.7. The fourth-order valence-corrected chi connectivity index (χ4v) is 3.88. The second kappa shape index (κ2) is 10.1. The molecule has 0 saturated carbocycles. The predicted molar refractivity (Wildman–Crippen MR) is 117 cm³/mol. The van der Waals surface area contributed by atoms with Crippen molar-refractivity contribution in [3.63, 3.8) is 0 Å². The molecule has 1 heterocycles. The minimum Gasteiger partial charge on any atom is -0.481 e. The van der Waals surface area contributed by atoms with Gasteiger partial charge in [-0.15, -0.1) is 0 Å². The molecule has 0 radical (unpaired) electrons. The van der Waals surface area contributed by atoms with E-state index < -0.39 is 23.8 Å². The van der Waals surface area contributed by atoms with Crippen molar-refractivity contribution in [1.29, 1.82) is 0 Å². The third kappa shape index (κ3) is 6.07. The number of nitrogens with zero attached hydrogens (tertiary/aromatic N) is 1. The number of amides is 2. The van der Waals surface area contributed by atoms with Crippen LogP contribution in [0.15, 0.2) is 54.6 Å². The standard InChI is InChI=1S/C24H28N2O5/c1-16(22(27)28)13-21(25-24(31)26-12-11-20(15-26)23(29)30)14-17-7-9-19(10-8-17)18-5-3-2-4-6-18/h2-10,16,20-21H,11-15H2,1H3,(H,25,31)(H,27,28)(H,29,30)/t16-,20-,21+/m1/s1. The number of benzene rings is 2. The van der Waals surface area contributed by atoms with E-state index in [1.165, 1.54) is 4.90 Å². The Balaban J connectivity index is 1.68. The molecule has 0 bridgehead atoms. The van der Waals surface area contributed by atoms with E-state index in [0.29, 0.717) is 19.4 Å². The number of likely N-dealkylation sites (tertiary alicyclic amines) is 1. The number of carbonyl (C=O) groups is 3. The lowest BCUT2D eigenvalue weighted by Gasteiger charge is -2.25. The van der Waals surface area contributed by atoms with Gasteiger partial charge in [0.1, 0.15) is 0 Å². The number of aliphatic carboxylic acids is 2. The Morgan fingerprint density at radius 3 is 2.26 bits per heavy atom. The van der Waals surface area contributed by atoms with E-state index in [9.17, 15) is 19.5 Å². The lowest BCUT2D eigenvalue weighted by Crippen LogP contribution is -2.46. The Morgan fingerprint density at radius 1 is 1.03 bits per heavy atom. The van der Waals surface area contributed by atoms with E-state index in [1.54, 1.807) is 6.92 Å². The van der Waals surface area contributed by atoms with Crippen molar-refractivity contribution >= 4 is 18.0 Å². The molecule has 1 aliphatic rings. The van der Waals surface area contributed by atoms with Crippen LogP contribution >= 0.6 is 0 Å². The van der Waals surface area contributed by atoms with Gasteiger partial charge in [-0.05, 0) is 36.0 Å². The van der Waals surface area contributed by atoms with Gasteiger partial charge in [0.2, 0.25) is 0 Å². The molecule has 1 saturated heterocycles. The van der Waals surface area contributed by atoms with Crippen molar-refractivity contribution in [2.75, 3.05) is 13.1 Å². The lowest BCUT2D eigenvalue weighted by molar-refractivity contribution is -0.142. The molecule has 0 spiro atoms. The summed E-state index contributed by atoms with van der Waals surface area (Å²) in [5, 5.41) is 21.4. The van der Waals surface area contributed by atoms with E-state index in [0.717, 1.165) is 16.7 Å². The lowest BCUT2D eigenvalue weighted by atomic mass is 9.95. The van der Waals surface area contributed by atoms with Gasteiger partial charge in [0.25, 0.3) is 0 Å². The molecule has 0 aromatic heterocycles. The number of urea groups is 1. The summed E-state index contributed by atoms with van der Waals surface area (Å²) >= 11 is 0. The zero-order valence-corrected chi connectivity index (χ0v) is 17.5. The first-order chi connectivity index (χ1) is 14.8. The maximum absolute atomic E-state index is 12.7. The number of carboxylic acids is 2. The van der Waals surface area contributed by atoms with Crippen LogP contribution in [0.25, 0.3) is 11.1 Å². The zero-order chi connectivity index (χ0) is 22.4. The van der Waals surface area contributed by atoms with Gasteiger partial charge in [-0.2, -0.15) is 0 Å². The fourth-order valence-electron chi connectivity index (χ4n) is 3.88. The van der Waals surface area contributed by atoms with Gasteiger partial charge in [-0.1, -0.05) is 61.5 Å². The Hall–Kier alpha value is -3.35. The summed E-state index contributed by atoms with van der Waals surface area (Å²) < 4.78 is 0. The molecule has 0 unspecified atom stereocenters. The first-order valence-corrected chi connectivity index (χ1v) is 10.5. The largest absolute Gasteiger partial charge is 0.481 e. The highest BCUT2D eigenvalue weighted by molar-refractivity contribution is 5.78. The number of carboxylic acid groups (broad SMARTS) is 2. The summed E-state index contributed by atoms with van der Waals surface area (Å²) in [6.07, 6.45) is 1.21. The number of nitrogens with one attached hydrogen (secondary N) is 1. The van der Waals surface area contributed by atoms with Gasteiger partial charge in [-0.25, -0.2) is 4.79 Å². The van der Waals surface area contributed by atoms with Crippen molar-refractivity contribution in [3.8, 4) is 11.1 Å². The SMILES string of the molecule is C[C@H](C[C@@H](Cc1ccc(-c2ccccc2)cc1)NC(=O)N1CC[C@@H](C(=O)O)C1)C(=O)O. The molecule has 7 nitrogen and oxygen atoms in total. The Labute approximate surface area is 181 Å². The number of rotatable bonds is 8. The van der Waals surface area contributed by atoms with Crippen LogP contribution in [-0.4, -0.2) is 52.2 Å². The first-order valence-electron chi connectivity index (χ1n) is 10.5. The van der Waals surface area contributed by atoms with Gasteiger partial charge in [-0.3, -0.25) is 9.59 Å². The fraction of sp³-hybridized carbons (Fsp3) is 0.375. The monoisotopic (exact) mass is 424 g/mol. The van der Waals surface area contributed by atoms with Crippen LogP contribution in [0.4, 0.5) is 4.79 Å². The highest BCUT2D eigenvalue weighted by Crippen LogP contribution is 2.21. The average Bonchev–Trinajstić information content (AvgIpc) is 3.25. The topological polar surface area (TPSA) is 107 Å². The van der Waals surface area contributed by atoms with E-state index in [-0.39, 0.29) is 25.0 Å². The second-order valence-electron chi connectivity index (χ2n) is 8.16. The van der Waals surface area contributed by atoms with E-state index >= 15 is 0 Å². The maximum Gasteiger partial charge on any atom is 0.317 e. The Kier molecular flexibility index (Phi) is 7.28. The summed E-state index contributed by atoms with van der Waals surface area (Å²) in [7, 11) is 0. The van der Waals surface area contributed by atoms with E-state index in [1.807, 2.05) is 54.6 Å². The zero-order valence-electron chi connectivity index (χ0n) is 17.5. The highest BCUT2D eigenvalue weighted by Gasteiger charge is 2.32. The van der Waals surface area contributed by atoms with Gasteiger partial charge in [0.05, 0.1) is 11.8 Å². The molecule has 2 aromatic rings. The van der Waals surface area contributed by atoms with Crippen molar-refractivity contribution < 1.29 is 24.6 Å². The molecular formula is C24H28N2O5. The van der Waals surface area contributed by atoms with Gasteiger partial charge in [0, 0.05) is 19.1 Å². The van der Waals surface area contributed by atoms with Crippen LogP contribution in [0.2, 0.25) is 0 Å². The molecule has 3 rings (SSSR count). The van der Waals surface area contributed by atoms with Crippen LogP contribution < -0.4 is 5.32 Å². The summed E-state index contributed by atoms with van der Waals surface area (Å²) in [6, 6.07) is 17.3. The quantitative estimate of drug-likeness (QED) is 0.601. The Bertz CT molecular complexity index is 913. The first kappa shape index (κ1) is 22.3. The normalized spacial score (nSPS) is 17.7. The van der Waals surface area contributed by atoms with Crippen LogP contribution in [0, 0.1) is 11.8 Å². The number of hydrogen-bond donors (Lipinski definition) is 3. The molecule has 2 amide bonds. The highest BCUT2D eigenvalue weighted by atomic mass is 16.4. The van der Waals surface area contributed by atoms with Crippen molar-refractivity contribution in [2.45, 2.75) is 32.2 Å². The molecule has 7 heteroatoms. The van der Waals surface area contributed by atoms with Crippen molar-refractivity contribution in [2.24, 2.45) is 11.8 Å². The van der Waals surface area contributed by atoms with Crippen LogP contribution in [0.1, 0.15) is 25.3 Å². The summed E-state index contributed by atoms with van der Waals surface area (Å²) in [5.41, 5.74) is 3.19. The average molecular weight is 424 g/mol. The molecule has 31 heavy (non-hydrogen) atoms. The minimum absolute atomic E-state index is 0.175. The third-order valence-corrected chi connectivity index (χ3v) is 5.76. The molecule has 1 fully saturated rings. The van der Waals surface area contributed by atoms with E-state index in [4.69, 9.17) is 5.11 Å². The van der Waals surface area contributed by atoms with Crippen molar-refractivity contribution in [3.05, 3.63) is 60.2 Å². The molecule has 3 atom stereocenters. The molecule has 0 aliphatic carbocycles. The molecule has 2 aromatic carbocycles. The summed E-state index contributed by atoms with van der Waals surface area (Å²) in [4.78, 5) is 36.7. The molecular weight excluding hydrogens is 396 g/mol. The van der Waals surface area contributed by atoms with Gasteiger partial charge in [0.15, 0.2) is 0 Å². The van der Waals surface area contributed by atoms with Gasteiger partial charge < -0.3 is 20.4 Å². The van der Waals surface area contributed by atoms with Crippen LogP contribution in [0.5, 0.6) is 0 Å². The molecule has 1 aliphatic heterocycles. The molecule has 164 valence electrons. The van der Waals surface area contributed by atoms with Crippen molar-refractivity contribution in [1.82, 2.24) is 10.2 Å². The number of hydrogen-bond acceptors (Lipinski definition) is 3. The summed E-state index contributed by atoms with van der Waals surface area (Å²) in [5.74, 6) is -2.97. The third-order valence-electron chi connectivity index (χ3n) is 5.76. The minimum atomic E-state index is -0.911. The van der Waals surface area contributed by atoms with Crippen LogP contribution in [-0.2, 0) is 16.0 Å².